The number of anilines is 1. The second-order valence-electron chi connectivity index (χ2n) is 4.32. The Morgan fingerprint density at radius 1 is 1.42 bits per heavy atom. The molecular formula is C16H20N2O. The lowest BCUT2D eigenvalue weighted by Crippen LogP contribution is -2.22. The minimum atomic E-state index is 0.00935. The van der Waals surface area contributed by atoms with E-state index in [-0.39, 0.29) is 5.91 Å². The van der Waals surface area contributed by atoms with Gasteiger partial charge in [-0.2, -0.15) is 0 Å². The number of carbonyl (C=O) groups is 1. The molecule has 0 aliphatic rings. The van der Waals surface area contributed by atoms with E-state index >= 15 is 0 Å². The molecule has 0 aliphatic carbocycles. The first-order valence-electron chi connectivity index (χ1n) is 6.28. The summed E-state index contributed by atoms with van der Waals surface area (Å²) in [7, 11) is 3.97. The van der Waals surface area contributed by atoms with Gasteiger partial charge in [0.25, 0.3) is 0 Å². The van der Waals surface area contributed by atoms with Gasteiger partial charge in [-0.1, -0.05) is 30.0 Å². The summed E-state index contributed by atoms with van der Waals surface area (Å²) in [4.78, 5) is 13.4. The Morgan fingerprint density at radius 2 is 2.16 bits per heavy atom. The smallest absolute Gasteiger partial charge is 0.221 e. The molecule has 100 valence electrons. The second kappa shape index (κ2) is 7.99. The monoisotopic (exact) mass is 256 g/mol. The van der Waals surface area contributed by atoms with Crippen LogP contribution in [0.4, 0.5) is 5.69 Å². The molecule has 1 N–H and O–H groups in total. The van der Waals surface area contributed by atoms with Gasteiger partial charge in [0.15, 0.2) is 0 Å². The van der Waals surface area contributed by atoms with E-state index in [0.29, 0.717) is 19.4 Å². The third kappa shape index (κ3) is 5.31. The fraction of sp³-hybridized carbons (Fsp3) is 0.312. The summed E-state index contributed by atoms with van der Waals surface area (Å²) in [6.45, 7) is 3.96. The number of para-hydroxylation sites is 1. The van der Waals surface area contributed by atoms with E-state index in [1.54, 1.807) is 6.08 Å². The maximum absolute atomic E-state index is 11.4. The maximum Gasteiger partial charge on any atom is 0.221 e. The van der Waals surface area contributed by atoms with Crippen molar-refractivity contribution >= 4 is 11.6 Å². The highest BCUT2D eigenvalue weighted by Gasteiger charge is 2.00. The number of hydrogen-bond donors (Lipinski definition) is 1. The third-order valence-electron chi connectivity index (χ3n) is 2.56. The van der Waals surface area contributed by atoms with Gasteiger partial charge in [-0.3, -0.25) is 4.79 Å². The predicted octanol–water partition coefficient (Wildman–Crippen LogP) is 2.19. The van der Waals surface area contributed by atoms with Crippen molar-refractivity contribution in [3.05, 3.63) is 42.5 Å². The van der Waals surface area contributed by atoms with Gasteiger partial charge in [-0.25, -0.2) is 0 Å². The van der Waals surface area contributed by atoms with Crippen molar-refractivity contribution in [2.24, 2.45) is 0 Å². The van der Waals surface area contributed by atoms with E-state index in [2.05, 4.69) is 23.7 Å². The van der Waals surface area contributed by atoms with Crippen LogP contribution < -0.4 is 10.2 Å². The summed E-state index contributed by atoms with van der Waals surface area (Å²) in [6, 6.07) is 7.94. The van der Waals surface area contributed by atoms with Crippen LogP contribution in [0.3, 0.4) is 0 Å². The lowest BCUT2D eigenvalue weighted by Gasteiger charge is -2.13. The predicted molar refractivity (Wildman–Crippen MR) is 80.1 cm³/mol. The molecule has 0 radical (unpaired) electrons. The quantitative estimate of drug-likeness (QED) is 0.647. The Labute approximate surface area is 115 Å². The summed E-state index contributed by atoms with van der Waals surface area (Å²) < 4.78 is 0. The Balaban J connectivity index is 2.55. The Hall–Kier alpha value is -2.21. The van der Waals surface area contributed by atoms with E-state index in [1.807, 2.05) is 43.3 Å². The van der Waals surface area contributed by atoms with Crippen LogP contribution in [0.15, 0.2) is 36.9 Å². The fourth-order valence-electron chi connectivity index (χ4n) is 1.57. The molecule has 19 heavy (non-hydrogen) atoms. The molecule has 3 heteroatoms. The molecule has 0 fully saturated rings. The first-order valence-corrected chi connectivity index (χ1v) is 6.28. The third-order valence-corrected chi connectivity index (χ3v) is 2.56. The number of nitrogens with one attached hydrogen (secondary N) is 1. The van der Waals surface area contributed by atoms with Gasteiger partial charge in [-0.05, 0) is 18.6 Å². The number of carbonyl (C=O) groups excluding carboxylic acids is 1. The molecule has 0 saturated carbocycles. The molecule has 3 nitrogen and oxygen atoms in total. The average molecular weight is 256 g/mol. The molecule has 0 aromatic heterocycles. The molecule has 1 rings (SSSR count). The number of nitrogens with zero attached hydrogens (tertiary/aromatic N) is 1. The van der Waals surface area contributed by atoms with Gasteiger partial charge in [0, 0.05) is 26.1 Å². The number of rotatable bonds is 5. The first kappa shape index (κ1) is 14.8. The molecule has 0 saturated heterocycles. The summed E-state index contributed by atoms with van der Waals surface area (Å²) in [6.07, 6.45) is 2.90. The molecule has 1 amide bonds. The van der Waals surface area contributed by atoms with Crippen LogP contribution in [-0.4, -0.2) is 26.5 Å². The molecule has 0 bridgehead atoms. The number of amides is 1. The highest BCUT2D eigenvalue weighted by atomic mass is 16.1. The van der Waals surface area contributed by atoms with E-state index in [4.69, 9.17) is 0 Å². The minimum absolute atomic E-state index is 0.00935. The molecular weight excluding hydrogens is 236 g/mol. The van der Waals surface area contributed by atoms with Gasteiger partial charge >= 0.3 is 0 Å². The van der Waals surface area contributed by atoms with Crippen molar-refractivity contribution in [3.8, 4) is 11.8 Å². The summed E-state index contributed by atoms with van der Waals surface area (Å²) in [5.74, 6) is 6.06. The van der Waals surface area contributed by atoms with Crippen molar-refractivity contribution in [3.63, 3.8) is 0 Å². The standard InChI is InChI=1S/C16H20N2O/c1-4-5-12-16(19)17-13-8-10-14-9-6-7-11-15(14)18(2)3/h4,6-7,9,11H,1,5,12-13H2,2-3H3,(H,17,19). The van der Waals surface area contributed by atoms with Crippen LogP contribution in [-0.2, 0) is 4.79 Å². The summed E-state index contributed by atoms with van der Waals surface area (Å²) in [5.41, 5.74) is 2.04. The molecule has 0 atom stereocenters. The highest BCUT2D eigenvalue weighted by molar-refractivity contribution is 5.76. The minimum Gasteiger partial charge on any atom is -0.377 e. The normalized spacial score (nSPS) is 9.16. The Morgan fingerprint density at radius 3 is 2.84 bits per heavy atom. The SMILES string of the molecule is C=CCCC(=O)NCC#Cc1ccccc1N(C)C. The van der Waals surface area contributed by atoms with Gasteiger partial charge in [-0.15, -0.1) is 6.58 Å². The van der Waals surface area contributed by atoms with Crippen LogP contribution in [0.5, 0.6) is 0 Å². The molecule has 0 aliphatic heterocycles. The van der Waals surface area contributed by atoms with Crippen LogP contribution in [0.25, 0.3) is 0 Å². The van der Waals surface area contributed by atoms with Gasteiger partial charge in [0.1, 0.15) is 0 Å². The molecule has 1 aromatic rings. The number of hydrogen-bond acceptors (Lipinski definition) is 2. The van der Waals surface area contributed by atoms with Crippen molar-refractivity contribution in [1.29, 1.82) is 0 Å². The zero-order valence-corrected chi connectivity index (χ0v) is 11.6. The summed E-state index contributed by atoms with van der Waals surface area (Å²) in [5, 5.41) is 2.76. The van der Waals surface area contributed by atoms with Gasteiger partial charge in [0.2, 0.25) is 5.91 Å². The largest absolute Gasteiger partial charge is 0.377 e. The van der Waals surface area contributed by atoms with E-state index in [0.717, 1.165) is 11.3 Å². The fourth-order valence-corrected chi connectivity index (χ4v) is 1.57. The van der Waals surface area contributed by atoms with E-state index in [1.165, 1.54) is 0 Å². The molecule has 0 heterocycles. The van der Waals surface area contributed by atoms with Gasteiger partial charge in [0.05, 0.1) is 12.2 Å². The highest BCUT2D eigenvalue weighted by Crippen LogP contribution is 2.16. The van der Waals surface area contributed by atoms with Crippen LogP contribution in [0, 0.1) is 11.8 Å². The van der Waals surface area contributed by atoms with Crippen molar-refractivity contribution in [2.75, 3.05) is 25.5 Å². The molecule has 1 aromatic carbocycles. The average Bonchev–Trinajstić information content (AvgIpc) is 2.41. The summed E-state index contributed by atoms with van der Waals surface area (Å²) >= 11 is 0. The lowest BCUT2D eigenvalue weighted by atomic mass is 10.1. The van der Waals surface area contributed by atoms with Crippen LogP contribution in [0.2, 0.25) is 0 Å². The van der Waals surface area contributed by atoms with Crippen LogP contribution in [0.1, 0.15) is 18.4 Å². The zero-order valence-electron chi connectivity index (χ0n) is 11.6. The molecule has 0 spiro atoms. The number of allylic oxidation sites excluding steroid dienone is 1. The van der Waals surface area contributed by atoms with E-state index in [9.17, 15) is 4.79 Å². The van der Waals surface area contributed by atoms with Gasteiger partial charge < -0.3 is 10.2 Å². The van der Waals surface area contributed by atoms with Crippen molar-refractivity contribution < 1.29 is 4.79 Å². The topological polar surface area (TPSA) is 32.3 Å². The zero-order chi connectivity index (χ0) is 14.1. The lowest BCUT2D eigenvalue weighted by molar-refractivity contribution is -0.120. The van der Waals surface area contributed by atoms with Crippen LogP contribution >= 0.6 is 0 Å². The second-order valence-corrected chi connectivity index (χ2v) is 4.32. The van der Waals surface area contributed by atoms with E-state index < -0.39 is 0 Å². The molecule has 0 unspecified atom stereocenters. The number of benzene rings is 1. The van der Waals surface area contributed by atoms with Crippen molar-refractivity contribution in [2.45, 2.75) is 12.8 Å². The Bertz CT molecular complexity index is 495. The van der Waals surface area contributed by atoms with Crippen molar-refractivity contribution in [1.82, 2.24) is 5.32 Å². The maximum atomic E-state index is 11.4. The first-order chi connectivity index (χ1) is 9.15. The Kier molecular flexibility index (Phi) is 6.25.